The van der Waals surface area contributed by atoms with Crippen molar-refractivity contribution in [1.29, 1.82) is 0 Å². The summed E-state index contributed by atoms with van der Waals surface area (Å²) in [4.78, 5) is 28.7. The Morgan fingerprint density at radius 2 is 1.73 bits per heavy atom. The van der Waals surface area contributed by atoms with Gasteiger partial charge >= 0.3 is 0 Å². The van der Waals surface area contributed by atoms with Gasteiger partial charge in [-0.2, -0.15) is 5.10 Å². The highest BCUT2D eigenvalue weighted by Gasteiger charge is 2.41. The van der Waals surface area contributed by atoms with E-state index in [0.29, 0.717) is 23.1 Å². The molecule has 1 aromatic heterocycles. The van der Waals surface area contributed by atoms with Crippen LogP contribution in [0.25, 0.3) is 5.69 Å². The summed E-state index contributed by atoms with van der Waals surface area (Å²) in [6.07, 6.45) is 0.788. The maximum absolute atomic E-state index is 13.9. The van der Waals surface area contributed by atoms with E-state index < -0.39 is 0 Å². The van der Waals surface area contributed by atoms with Crippen molar-refractivity contribution in [3.05, 3.63) is 59.3 Å². The van der Waals surface area contributed by atoms with E-state index in [9.17, 15) is 9.59 Å². The predicted molar refractivity (Wildman–Crippen MR) is 163 cm³/mol. The first-order valence-electron chi connectivity index (χ1n) is 13.7. The minimum atomic E-state index is -0.384. The van der Waals surface area contributed by atoms with Gasteiger partial charge in [0.2, 0.25) is 11.8 Å². The molecule has 0 bridgehead atoms. The Balaban J connectivity index is 2.02. The van der Waals surface area contributed by atoms with Crippen molar-refractivity contribution in [2.45, 2.75) is 57.7 Å². The Bertz CT molecular complexity index is 1400. The van der Waals surface area contributed by atoms with Crippen molar-refractivity contribution >= 4 is 29.4 Å². The number of aromatic nitrogens is 2. The van der Waals surface area contributed by atoms with Gasteiger partial charge in [0, 0.05) is 22.6 Å². The number of nitrogens with one attached hydrogen (secondary N) is 1. The van der Waals surface area contributed by atoms with E-state index >= 15 is 0 Å². The molecule has 0 saturated carbocycles. The molecule has 1 aliphatic rings. The molecule has 1 N–H and O–H groups in total. The number of nitrogens with zero attached hydrogens (tertiary/aromatic N) is 3. The number of hydrogen-bond donors (Lipinski definition) is 1. The van der Waals surface area contributed by atoms with Gasteiger partial charge in [0.25, 0.3) is 0 Å². The van der Waals surface area contributed by atoms with E-state index in [-0.39, 0.29) is 40.8 Å². The van der Waals surface area contributed by atoms with Gasteiger partial charge < -0.3 is 19.5 Å². The third-order valence-electron chi connectivity index (χ3n) is 7.16. The van der Waals surface area contributed by atoms with Crippen LogP contribution in [0.15, 0.2) is 42.5 Å². The van der Waals surface area contributed by atoms with E-state index in [4.69, 9.17) is 19.3 Å². The van der Waals surface area contributed by atoms with Crippen LogP contribution >= 0.6 is 11.8 Å². The monoisotopic (exact) mass is 580 g/mol. The Hall–Kier alpha value is -3.66. The maximum atomic E-state index is 13.9. The van der Waals surface area contributed by atoms with Crippen molar-refractivity contribution in [3.8, 4) is 22.9 Å². The van der Waals surface area contributed by atoms with Gasteiger partial charge in [-0.3, -0.25) is 14.5 Å². The number of rotatable bonds is 9. The topological polar surface area (TPSA) is 94.9 Å². The minimum absolute atomic E-state index is 0.0103. The van der Waals surface area contributed by atoms with Gasteiger partial charge in [0.15, 0.2) is 0 Å². The number of amides is 2. The zero-order valence-electron chi connectivity index (χ0n) is 25.1. The molecular formula is C31H40N4O5S. The molecule has 2 atom stereocenters. The smallest absolute Gasteiger partial charge is 0.240 e. The summed E-state index contributed by atoms with van der Waals surface area (Å²) in [5.41, 5.74) is 2.93. The van der Waals surface area contributed by atoms with Crippen LogP contribution in [-0.2, 0) is 15.0 Å². The molecule has 0 radical (unpaired) electrons. The molecule has 2 heterocycles. The Morgan fingerprint density at radius 3 is 2.32 bits per heavy atom. The average Bonchev–Trinajstić information content (AvgIpc) is 3.30. The Labute approximate surface area is 246 Å². The molecule has 2 aromatic carbocycles. The lowest BCUT2D eigenvalue weighted by molar-refractivity contribution is -0.123. The van der Waals surface area contributed by atoms with Crippen LogP contribution in [-0.4, -0.2) is 61.3 Å². The molecule has 2 amide bonds. The average molecular weight is 581 g/mol. The Morgan fingerprint density at radius 1 is 1.07 bits per heavy atom. The molecule has 3 aromatic rings. The number of anilines is 1. The van der Waals surface area contributed by atoms with Gasteiger partial charge in [-0.1, -0.05) is 27.7 Å². The zero-order chi connectivity index (χ0) is 29.9. The van der Waals surface area contributed by atoms with Gasteiger partial charge in [-0.05, 0) is 55.8 Å². The number of carbonyl (C=O) groups excluding carboxylic acids is 2. The summed E-state index contributed by atoms with van der Waals surface area (Å²) in [5.74, 6) is 2.42. The second-order valence-corrected chi connectivity index (χ2v) is 12.2. The van der Waals surface area contributed by atoms with Crippen LogP contribution in [0.2, 0.25) is 0 Å². The lowest BCUT2D eigenvalue weighted by Crippen LogP contribution is -2.44. The minimum Gasteiger partial charge on any atom is -0.497 e. The molecule has 4 rings (SSSR count). The van der Waals surface area contributed by atoms with Gasteiger partial charge in [-0.15, -0.1) is 11.8 Å². The van der Waals surface area contributed by atoms with E-state index in [2.05, 4.69) is 26.1 Å². The van der Waals surface area contributed by atoms with Crippen molar-refractivity contribution in [3.63, 3.8) is 0 Å². The molecule has 0 saturated heterocycles. The molecular weight excluding hydrogens is 540 g/mol. The van der Waals surface area contributed by atoms with Crippen LogP contribution in [0.1, 0.15) is 63.1 Å². The molecule has 1 aliphatic heterocycles. The molecule has 0 aliphatic carbocycles. The van der Waals surface area contributed by atoms with Crippen LogP contribution in [0.4, 0.5) is 5.82 Å². The number of methoxy groups -OCH3 is 3. The summed E-state index contributed by atoms with van der Waals surface area (Å²) in [6, 6.07) is 13.2. The van der Waals surface area contributed by atoms with Crippen LogP contribution in [0.3, 0.4) is 0 Å². The van der Waals surface area contributed by atoms with Gasteiger partial charge in [0.05, 0.1) is 43.7 Å². The van der Waals surface area contributed by atoms with E-state index in [1.807, 2.05) is 56.3 Å². The molecule has 0 spiro atoms. The standard InChI is InChI=1S/C31H40N4O5S/c1-9-19(2)32-25(36)17-34-26(37)18-41-28(23-16-22(39-7)14-15-24(23)40-8)27-29(31(3,4)5)33-35(30(27)34)20-10-12-21(38-6)13-11-20/h10-16,19,28H,9,17-18H2,1-8H3,(H,32,36)/t19-,28+/m0/s1. The first-order valence-corrected chi connectivity index (χ1v) is 14.8. The third-order valence-corrected chi connectivity index (χ3v) is 8.39. The van der Waals surface area contributed by atoms with Gasteiger partial charge in [-0.25, -0.2) is 4.68 Å². The highest BCUT2D eigenvalue weighted by Crippen LogP contribution is 2.51. The van der Waals surface area contributed by atoms with Crippen molar-refractivity contribution in [2.24, 2.45) is 0 Å². The fourth-order valence-electron chi connectivity index (χ4n) is 4.83. The summed E-state index contributed by atoms with van der Waals surface area (Å²) in [5, 5.41) is 7.84. The van der Waals surface area contributed by atoms with E-state index in [1.165, 1.54) is 11.8 Å². The normalized spacial score (nSPS) is 16.0. The summed E-state index contributed by atoms with van der Waals surface area (Å²) in [7, 11) is 4.88. The first-order chi connectivity index (χ1) is 19.5. The van der Waals surface area contributed by atoms with E-state index in [0.717, 1.165) is 28.9 Å². The molecule has 0 fully saturated rings. The lowest BCUT2D eigenvalue weighted by Gasteiger charge is -2.25. The maximum Gasteiger partial charge on any atom is 0.240 e. The lowest BCUT2D eigenvalue weighted by atomic mass is 9.87. The number of fused-ring (bicyclic) bond motifs is 1. The van der Waals surface area contributed by atoms with Crippen LogP contribution < -0.4 is 24.4 Å². The largest absolute Gasteiger partial charge is 0.497 e. The zero-order valence-corrected chi connectivity index (χ0v) is 25.9. The number of carbonyl (C=O) groups is 2. The SMILES string of the molecule is CC[C@H](C)NC(=O)CN1C(=O)CS[C@H](c2cc(OC)ccc2OC)c2c(C(C)(C)C)nn(-c3ccc(OC)cc3)c21. The summed E-state index contributed by atoms with van der Waals surface area (Å²) in [6.45, 7) is 10.1. The molecule has 41 heavy (non-hydrogen) atoms. The second kappa shape index (κ2) is 12.5. The molecule has 0 unspecified atom stereocenters. The Kier molecular flexibility index (Phi) is 9.21. The fraction of sp³-hybridized carbons (Fsp3) is 0.452. The first kappa shape index (κ1) is 30.3. The highest BCUT2D eigenvalue weighted by molar-refractivity contribution is 8.00. The number of ether oxygens (including phenoxy) is 3. The molecule has 10 heteroatoms. The van der Waals surface area contributed by atoms with Crippen molar-refractivity contribution in [1.82, 2.24) is 15.1 Å². The summed E-state index contributed by atoms with van der Waals surface area (Å²) >= 11 is 1.50. The highest BCUT2D eigenvalue weighted by atomic mass is 32.2. The number of thioether (sulfide) groups is 1. The second-order valence-electron chi connectivity index (χ2n) is 11.1. The predicted octanol–water partition coefficient (Wildman–Crippen LogP) is 5.28. The molecule has 9 nitrogen and oxygen atoms in total. The van der Waals surface area contributed by atoms with Crippen LogP contribution in [0.5, 0.6) is 17.2 Å². The fourth-order valence-corrected chi connectivity index (χ4v) is 6.05. The van der Waals surface area contributed by atoms with Crippen molar-refractivity contribution in [2.75, 3.05) is 38.5 Å². The molecule has 220 valence electrons. The van der Waals surface area contributed by atoms with Gasteiger partial charge in [0.1, 0.15) is 29.6 Å². The van der Waals surface area contributed by atoms with Crippen LogP contribution in [0, 0.1) is 0 Å². The van der Waals surface area contributed by atoms with E-state index in [1.54, 1.807) is 30.9 Å². The number of hydrogen-bond acceptors (Lipinski definition) is 7. The quantitative estimate of drug-likeness (QED) is 0.368. The third kappa shape index (κ3) is 6.32. The summed E-state index contributed by atoms with van der Waals surface area (Å²) < 4.78 is 18.5. The van der Waals surface area contributed by atoms with Crippen molar-refractivity contribution < 1.29 is 23.8 Å². The number of benzene rings is 2.